The van der Waals surface area contributed by atoms with Gasteiger partial charge in [-0.25, -0.2) is 0 Å². The van der Waals surface area contributed by atoms with Gasteiger partial charge in [-0.05, 0) is 13.8 Å². The van der Waals surface area contributed by atoms with E-state index in [1.165, 1.54) is 6.26 Å². The monoisotopic (exact) mass is 114 g/mol. The Bertz CT molecular complexity index is 86.5. The third-order valence-electron chi connectivity index (χ3n) is 0.621. The SMILES string of the molecule is C/C=C\OC(C)C=O. The van der Waals surface area contributed by atoms with E-state index in [0.29, 0.717) is 0 Å². The lowest BCUT2D eigenvalue weighted by molar-refractivity contribution is -0.114. The molecule has 0 aliphatic rings. The van der Waals surface area contributed by atoms with E-state index in [9.17, 15) is 4.79 Å². The summed E-state index contributed by atoms with van der Waals surface area (Å²) in [6.07, 6.45) is 3.67. The number of allylic oxidation sites excluding steroid dienone is 1. The second kappa shape index (κ2) is 4.37. The van der Waals surface area contributed by atoms with Gasteiger partial charge in [0.25, 0.3) is 0 Å². The van der Waals surface area contributed by atoms with E-state index in [4.69, 9.17) is 4.74 Å². The van der Waals surface area contributed by atoms with Crippen LogP contribution in [-0.2, 0) is 9.53 Å². The summed E-state index contributed by atoms with van der Waals surface area (Å²) in [4.78, 5) is 9.85. The van der Waals surface area contributed by atoms with Crippen LogP contribution in [0, 0.1) is 0 Å². The Morgan fingerprint density at radius 2 is 2.25 bits per heavy atom. The first-order valence-electron chi connectivity index (χ1n) is 2.53. The van der Waals surface area contributed by atoms with Crippen molar-refractivity contribution in [3.05, 3.63) is 12.3 Å². The number of rotatable bonds is 3. The molecule has 46 valence electrons. The van der Waals surface area contributed by atoms with Crippen LogP contribution in [0.15, 0.2) is 12.3 Å². The molecule has 2 heteroatoms. The van der Waals surface area contributed by atoms with Gasteiger partial charge >= 0.3 is 0 Å². The zero-order chi connectivity index (χ0) is 6.41. The van der Waals surface area contributed by atoms with Crippen molar-refractivity contribution >= 4 is 6.29 Å². The van der Waals surface area contributed by atoms with Crippen LogP contribution in [0.25, 0.3) is 0 Å². The van der Waals surface area contributed by atoms with Crippen molar-refractivity contribution in [2.24, 2.45) is 0 Å². The van der Waals surface area contributed by atoms with Gasteiger partial charge in [0.15, 0.2) is 6.29 Å². The van der Waals surface area contributed by atoms with Gasteiger partial charge in [0.1, 0.15) is 6.10 Å². The van der Waals surface area contributed by atoms with Gasteiger partial charge in [-0.15, -0.1) is 0 Å². The molecule has 0 aromatic rings. The Balaban J connectivity index is 3.23. The predicted molar refractivity (Wildman–Crippen MR) is 31.4 cm³/mol. The Morgan fingerprint density at radius 1 is 1.62 bits per heavy atom. The van der Waals surface area contributed by atoms with E-state index < -0.39 is 0 Å². The minimum atomic E-state index is -0.314. The topological polar surface area (TPSA) is 26.3 Å². The lowest BCUT2D eigenvalue weighted by Crippen LogP contribution is -2.03. The number of carbonyl (C=O) groups is 1. The van der Waals surface area contributed by atoms with Crippen molar-refractivity contribution < 1.29 is 9.53 Å². The Hall–Kier alpha value is -0.790. The van der Waals surface area contributed by atoms with E-state index >= 15 is 0 Å². The molecule has 0 fully saturated rings. The number of aldehydes is 1. The summed E-state index contributed by atoms with van der Waals surface area (Å²) >= 11 is 0. The van der Waals surface area contributed by atoms with Gasteiger partial charge < -0.3 is 4.74 Å². The molecule has 0 heterocycles. The van der Waals surface area contributed by atoms with E-state index in [0.717, 1.165) is 6.29 Å². The number of hydrogen-bond donors (Lipinski definition) is 0. The Labute approximate surface area is 49.1 Å². The normalized spacial score (nSPS) is 13.8. The highest BCUT2D eigenvalue weighted by molar-refractivity contribution is 5.55. The molecule has 0 N–H and O–H groups in total. The average molecular weight is 114 g/mol. The fourth-order valence-electron chi connectivity index (χ4n) is 0.235. The van der Waals surface area contributed by atoms with Crippen LogP contribution in [0.5, 0.6) is 0 Å². The molecule has 0 aliphatic heterocycles. The molecule has 0 aromatic heterocycles. The molecule has 0 spiro atoms. The maximum Gasteiger partial charge on any atom is 0.160 e. The molecule has 8 heavy (non-hydrogen) atoms. The zero-order valence-corrected chi connectivity index (χ0v) is 5.13. The average Bonchev–Trinajstić information content (AvgIpc) is 1.83. The van der Waals surface area contributed by atoms with E-state index in [1.807, 2.05) is 6.92 Å². The molecule has 0 radical (unpaired) electrons. The van der Waals surface area contributed by atoms with E-state index in [1.54, 1.807) is 13.0 Å². The molecular weight excluding hydrogens is 104 g/mol. The molecule has 0 rings (SSSR count). The third kappa shape index (κ3) is 3.40. The molecule has 0 saturated heterocycles. The van der Waals surface area contributed by atoms with Gasteiger partial charge in [-0.3, -0.25) is 4.79 Å². The first kappa shape index (κ1) is 7.21. The highest BCUT2D eigenvalue weighted by Gasteiger charge is 1.91. The van der Waals surface area contributed by atoms with Crippen molar-refractivity contribution in [2.75, 3.05) is 0 Å². The minimum absolute atomic E-state index is 0.314. The maximum atomic E-state index is 9.85. The number of carbonyl (C=O) groups excluding carboxylic acids is 1. The van der Waals surface area contributed by atoms with Crippen molar-refractivity contribution in [3.8, 4) is 0 Å². The van der Waals surface area contributed by atoms with Gasteiger partial charge in [0, 0.05) is 0 Å². The molecule has 1 unspecified atom stereocenters. The molecule has 0 saturated carbocycles. The molecule has 0 aliphatic carbocycles. The smallest absolute Gasteiger partial charge is 0.160 e. The summed E-state index contributed by atoms with van der Waals surface area (Å²) < 4.78 is 4.79. The van der Waals surface area contributed by atoms with Gasteiger partial charge in [-0.1, -0.05) is 6.08 Å². The van der Waals surface area contributed by atoms with E-state index in [2.05, 4.69) is 0 Å². The summed E-state index contributed by atoms with van der Waals surface area (Å²) in [5.41, 5.74) is 0. The highest BCUT2D eigenvalue weighted by Crippen LogP contribution is 1.84. The summed E-state index contributed by atoms with van der Waals surface area (Å²) in [5.74, 6) is 0. The fourth-order valence-corrected chi connectivity index (χ4v) is 0.235. The number of hydrogen-bond acceptors (Lipinski definition) is 2. The van der Waals surface area contributed by atoms with Crippen LogP contribution in [0.4, 0.5) is 0 Å². The standard InChI is InChI=1S/C6H10O2/c1-3-4-8-6(2)5-7/h3-6H,1-2H3/b4-3-. The molecule has 1 atom stereocenters. The van der Waals surface area contributed by atoms with Crippen LogP contribution in [0.3, 0.4) is 0 Å². The van der Waals surface area contributed by atoms with Gasteiger partial charge in [-0.2, -0.15) is 0 Å². The molecule has 0 bridgehead atoms. The molecule has 0 amide bonds. The van der Waals surface area contributed by atoms with Gasteiger partial charge in [0.05, 0.1) is 6.26 Å². The minimum Gasteiger partial charge on any atom is -0.491 e. The fraction of sp³-hybridized carbons (Fsp3) is 0.500. The zero-order valence-electron chi connectivity index (χ0n) is 5.13. The van der Waals surface area contributed by atoms with Crippen LogP contribution >= 0.6 is 0 Å². The summed E-state index contributed by atoms with van der Waals surface area (Å²) in [5, 5.41) is 0. The Kier molecular flexibility index (Phi) is 3.94. The van der Waals surface area contributed by atoms with E-state index in [-0.39, 0.29) is 6.10 Å². The van der Waals surface area contributed by atoms with Crippen LogP contribution in [0.1, 0.15) is 13.8 Å². The van der Waals surface area contributed by atoms with Crippen molar-refractivity contribution in [2.45, 2.75) is 20.0 Å². The largest absolute Gasteiger partial charge is 0.491 e. The highest BCUT2D eigenvalue weighted by atomic mass is 16.5. The third-order valence-corrected chi connectivity index (χ3v) is 0.621. The summed E-state index contributed by atoms with van der Waals surface area (Å²) in [6, 6.07) is 0. The van der Waals surface area contributed by atoms with Crippen molar-refractivity contribution in [1.82, 2.24) is 0 Å². The first-order chi connectivity index (χ1) is 3.81. The first-order valence-corrected chi connectivity index (χ1v) is 2.53. The lowest BCUT2D eigenvalue weighted by Gasteiger charge is -1.99. The summed E-state index contributed by atoms with van der Waals surface area (Å²) in [6.45, 7) is 3.52. The predicted octanol–water partition coefficient (Wildman–Crippen LogP) is 1.12. The quantitative estimate of drug-likeness (QED) is 0.406. The molecular formula is C6H10O2. The molecule has 0 aromatic carbocycles. The molecule has 2 nitrogen and oxygen atoms in total. The van der Waals surface area contributed by atoms with Crippen molar-refractivity contribution in [3.63, 3.8) is 0 Å². The Morgan fingerprint density at radius 3 is 2.62 bits per heavy atom. The van der Waals surface area contributed by atoms with Crippen LogP contribution in [0.2, 0.25) is 0 Å². The summed E-state index contributed by atoms with van der Waals surface area (Å²) in [7, 11) is 0. The lowest BCUT2D eigenvalue weighted by atomic mass is 10.5. The second-order valence-corrected chi connectivity index (χ2v) is 1.45. The van der Waals surface area contributed by atoms with Crippen LogP contribution < -0.4 is 0 Å². The maximum absolute atomic E-state index is 9.85. The van der Waals surface area contributed by atoms with Gasteiger partial charge in [0.2, 0.25) is 0 Å². The second-order valence-electron chi connectivity index (χ2n) is 1.45. The van der Waals surface area contributed by atoms with Crippen molar-refractivity contribution in [1.29, 1.82) is 0 Å². The van der Waals surface area contributed by atoms with Crippen LogP contribution in [-0.4, -0.2) is 12.4 Å². The number of ether oxygens (including phenoxy) is 1.